The molecule has 0 bridgehead atoms. The van der Waals surface area contributed by atoms with E-state index < -0.39 is 0 Å². The number of allylic oxidation sites excluding steroid dienone is 2. The lowest BCUT2D eigenvalue weighted by Crippen LogP contribution is -2.25. The van der Waals surface area contributed by atoms with Crippen LogP contribution in [0.15, 0.2) is 11.6 Å². The summed E-state index contributed by atoms with van der Waals surface area (Å²) in [6, 6.07) is 0. The van der Waals surface area contributed by atoms with Crippen molar-refractivity contribution < 1.29 is 9.47 Å². The summed E-state index contributed by atoms with van der Waals surface area (Å²) >= 11 is 0. The molecular weight excluding hydrogens is 176 g/mol. The molecule has 0 fully saturated rings. The third-order valence-electron chi connectivity index (χ3n) is 2.02. The van der Waals surface area contributed by atoms with Gasteiger partial charge in [-0.1, -0.05) is 18.6 Å². The van der Waals surface area contributed by atoms with Crippen molar-refractivity contribution in [2.75, 3.05) is 13.2 Å². The summed E-state index contributed by atoms with van der Waals surface area (Å²) in [6.45, 7) is 11.8. The van der Waals surface area contributed by atoms with Gasteiger partial charge in [-0.25, -0.2) is 0 Å². The molecule has 2 nitrogen and oxygen atoms in total. The van der Waals surface area contributed by atoms with E-state index in [2.05, 4.69) is 26.8 Å². The van der Waals surface area contributed by atoms with Crippen LogP contribution in [-0.2, 0) is 9.47 Å². The third kappa shape index (κ3) is 6.17. The molecule has 0 aromatic carbocycles. The van der Waals surface area contributed by atoms with Crippen molar-refractivity contribution in [3.8, 4) is 0 Å². The molecule has 0 aliphatic heterocycles. The molecule has 0 aromatic rings. The highest BCUT2D eigenvalue weighted by Gasteiger charge is 2.15. The lowest BCUT2D eigenvalue weighted by atomic mass is 10.1. The van der Waals surface area contributed by atoms with Crippen LogP contribution < -0.4 is 0 Å². The fourth-order valence-electron chi connectivity index (χ4n) is 1.24. The van der Waals surface area contributed by atoms with Crippen LogP contribution in [0, 0.1) is 5.92 Å². The van der Waals surface area contributed by atoms with E-state index in [9.17, 15) is 0 Å². The Hall–Kier alpha value is -0.340. The highest BCUT2D eigenvalue weighted by molar-refractivity contribution is 4.93. The fraction of sp³-hybridized carbons (Fsp3) is 0.833. The van der Waals surface area contributed by atoms with Crippen molar-refractivity contribution in [1.82, 2.24) is 0 Å². The lowest BCUT2D eigenvalue weighted by molar-refractivity contribution is -0.162. The van der Waals surface area contributed by atoms with E-state index in [-0.39, 0.29) is 6.29 Å². The second kappa shape index (κ2) is 8.01. The van der Waals surface area contributed by atoms with Gasteiger partial charge in [-0.3, -0.25) is 0 Å². The first-order valence-corrected chi connectivity index (χ1v) is 5.48. The van der Waals surface area contributed by atoms with Crippen LogP contribution in [0.4, 0.5) is 0 Å². The highest BCUT2D eigenvalue weighted by atomic mass is 16.7. The van der Waals surface area contributed by atoms with Gasteiger partial charge < -0.3 is 9.47 Å². The van der Waals surface area contributed by atoms with Crippen molar-refractivity contribution in [1.29, 1.82) is 0 Å². The minimum Gasteiger partial charge on any atom is -0.353 e. The minimum atomic E-state index is -0.0550. The largest absolute Gasteiger partial charge is 0.353 e. The van der Waals surface area contributed by atoms with Gasteiger partial charge in [-0.2, -0.15) is 0 Å². The van der Waals surface area contributed by atoms with Gasteiger partial charge in [-0.15, -0.1) is 0 Å². The van der Waals surface area contributed by atoms with Gasteiger partial charge in [0.2, 0.25) is 0 Å². The second-order valence-corrected chi connectivity index (χ2v) is 3.77. The van der Waals surface area contributed by atoms with Crippen LogP contribution in [0.5, 0.6) is 0 Å². The molecule has 0 saturated carbocycles. The molecular formula is C12H24O2. The van der Waals surface area contributed by atoms with Crippen molar-refractivity contribution in [2.45, 2.75) is 47.3 Å². The van der Waals surface area contributed by atoms with Crippen LogP contribution >= 0.6 is 0 Å². The van der Waals surface area contributed by atoms with Gasteiger partial charge in [-0.05, 0) is 34.1 Å². The topological polar surface area (TPSA) is 18.5 Å². The summed E-state index contributed by atoms with van der Waals surface area (Å²) in [5.74, 6) is 0.421. The smallest absolute Gasteiger partial charge is 0.160 e. The van der Waals surface area contributed by atoms with Gasteiger partial charge in [0.25, 0.3) is 0 Å². The molecule has 0 amide bonds. The van der Waals surface area contributed by atoms with Crippen LogP contribution in [0.2, 0.25) is 0 Å². The Morgan fingerprint density at radius 1 is 1.14 bits per heavy atom. The molecule has 0 heterocycles. The molecule has 0 spiro atoms. The Morgan fingerprint density at radius 3 is 2.00 bits per heavy atom. The van der Waals surface area contributed by atoms with Crippen molar-refractivity contribution >= 4 is 0 Å². The second-order valence-electron chi connectivity index (χ2n) is 3.77. The first-order valence-electron chi connectivity index (χ1n) is 5.48. The van der Waals surface area contributed by atoms with Gasteiger partial charge in [0.15, 0.2) is 6.29 Å². The maximum atomic E-state index is 5.52. The standard InChI is InChI=1S/C12H24O2/c1-6-13-12(14-7-2)11(5)9-8-10(3)4/h8,11-12H,6-7,9H2,1-5H3. The van der Waals surface area contributed by atoms with E-state index in [0.717, 1.165) is 6.42 Å². The Labute approximate surface area is 88.3 Å². The molecule has 0 aliphatic carbocycles. The monoisotopic (exact) mass is 200 g/mol. The number of hydrogen-bond acceptors (Lipinski definition) is 2. The van der Waals surface area contributed by atoms with Crippen LogP contribution in [0.1, 0.15) is 41.0 Å². The molecule has 1 atom stereocenters. The van der Waals surface area contributed by atoms with E-state index in [1.165, 1.54) is 5.57 Å². The predicted octanol–water partition coefficient (Wildman–Crippen LogP) is 3.38. The van der Waals surface area contributed by atoms with Gasteiger partial charge >= 0.3 is 0 Å². The Bertz CT molecular complexity index is 154. The average Bonchev–Trinajstić information content (AvgIpc) is 2.14. The molecule has 84 valence electrons. The Morgan fingerprint density at radius 2 is 1.64 bits per heavy atom. The van der Waals surface area contributed by atoms with E-state index >= 15 is 0 Å². The molecule has 2 heteroatoms. The number of hydrogen-bond donors (Lipinski definition) is 0. The maximum absolute atomic E-state index is 5.52. The molecule has 0 saturated heterocycles. The van der Waals surface area contributed by atoms with E-state index in [1.807, 2.05) is 13.8 Å². The summed E-state index contributed by atoms with van der Waals surface area (Å²) in [6.07, 6.45) is 3.20. The first-order chi connectivity index (χ1) is 6.61. The zero-order chi connectivity index (χ0) is 11.0. The summed E-state index contributed by atoms with van der Waals surface area (Å²) in [5.41, 5.74) is 1.35. The molecule has 0 radical (unpaired) electrons. The zero-order valence-corrected chi connectivity index (χ0v) is 10.2. The fourth-order valence-corrected chi connectivity index (χ4v) is 1.24. The van der Waals surface area contributed by atoms with Crippen LogP contribution in [-0.4, -0.2) is 19.5 Å². The zero-order valence-electron chi connectivity index (χ0n) is 10.2. The summed E-state index contributed by atoms with van der Waals surface area (Å²) in [5, 5.41) is 0. The lowest BCUT2D eigenvalue weighted by Gasteiger charge is -2.22. The molecule has 0 aliphatic rings. The predicted molar refractivity (Wildman–Crippen MR) is 60.3 cm³/mol. The average molecular weight is 200 g/mol. The Balaban J connectivity index is 3.99. The Kier molecular flexibility index (Phi) is 7.81. The molecule has 0 rings (SSSR count). The first kappa shape index (κ1) is 13.7. The summed E-state index contributed by atoms with van der Waals surface area (Å²) in [7, 11) is 0. The van der Waals surface area contributed by atoms with Crippen molar-refractivity contribution in [3.05, 3.63) is 11.6 Å². The quantitative estimate of drug-likeness (QED) is 0.463. The SMILES string of the molecule is CCOC(OCC)C(C)CC=C(C)C. The van der Waals surface area contributed by atoms with Crippen molar-refractivity contribution in [3.63, 3.8) is 0 Å². The van der Waals surface area contributed by atoms with E-state index in [4.69, 9.17) is 9.47 Å². The van der Waals surface area contributed by atoms with Crippen LogP contribution in [0.3, 0.4) is 0 Å². The summed E-state index contributed by atoms with van der Waals surface area (Å²) in [4.78, 5) is 0. The number of rotatable bonds is 7. The van der Waals surface area contributed by atoms with Crippen LogP contribution in [0.25, 0.3) is 0 Å². The molecule has 0 aromatic heterocycles. The maximum Gasteiger partial charge on any atom is 0.160 e. The number of ether oxygens (including phenoxy) is 2. The van der Waals surface area contributed by atoms with Gasteiger partial charge in [0.1, 0.15) is 0 Å². The molecule has 1 unspecified atom stereocenters. The minimum absolute atomic E-state index is 0.0550. The third-order valence-corrected chi connectivity index (χ3v) is 2.02. The normalized spacial score (nSPS) is 13.0. The van der Waals surface area contributed by atoms with E-state index in [1.54, 1.807) is 0 Å². The van der Waals surface area contributed by atoms with E-state index in [0.29, 0.717) is 19.1 Å². The van der Waals surface area contributed by atoms with Gasteiger partial charge in [0, 0.05) is 19.1 Å². The highest BCUT2D eigenvalue weighted by Crippen LogP contribution is 2.15. The summed E-state index contributed by atoms with van der Waals surface area (Å²) < 4.78 is 11.0. The molecule has 14 heavy (non-hydrogen) atoms. The van der Waals surface area contributed by atoms with Crippen molar-refractivity contribution in [2.24, 2.45) is 5.92 Å². The molecule has 0 N–H and O–H groups in total. The van der Waals surface area contributed by atoms with Gasteiger partial charge in [0.05, 0.1) is 0 Å².